The molecule has 1 aromatic carbocycles. The number of anilines is 3. The van der Waals surface area contributed by atoms with Crippen LogP contribution in [0.2, 0.25) is 0 Å². The molecule has 1 aliphatic carbocycles. The standard InChI is InChI=1S/C15H13N3O/c19-15-11-4-3-9-16-14(11)18(10-7-8-10)13-6-2-1-5-12(13)17-15/h1-6,9-10H,7-8H2,(H,17,19). The Morgan fingerprint density at radius 2 is 2.00 bits per heavy atom. The van der Waals surface area contributed by atoms with Crippen LogP contribution >= 0.6 is 0 Å². The van der Waals surface area contributed by atoms with Crippen molar-refractivity contribution >= 4 is 23.1 Å². The third kappa shape index (κ3) is 1.60. The van der Waals surface area contributed by atoms with Crippen molar-refractivity contribution in [2.24, 2.45) is 0 Å². The van der Waals surface area contributed by atoms with Crippen molar-refractivity contribution in [1.29, 1.82) is 0 Å². The third-order valence-electron chi connectivity index (χ3n) is 3.58. The van der Waals surface area contributed by atoms with Crippen LogP contribution in [0.3, 0.4) is 0 Å². The topological polar surface area (TPSA) is 45.2 Å². The van der Waals surface area contributed by atoms with Gasteiger partial charge in [-0.3, -0.25) is 4.79 Å². The Kier molecular flexibility index (Phi) is 2.12. The summed E-state index contributed by atoms with van der Waals surface area (Å²) in [6.07, 6.45) is 4.05. The molecule has 2 heterocycles. The van der Waals surface area contributed by atoms with E-state index in [-0.39, 0.29) is 5.91 Å². The molecule has 4 heteroatoms. The number of hydrogen-bond donors (Lipinski definition) is 1. The molecule has 4 rings (SSSR count). The van der Waals surface area contributed by atoms with Gasteiger partial charge in [-0.15, -0.1) is 0 Å². The molecule has 0 spiro atoms. The summed E-state index contributed by atoms with van der Waals surface area (Å²) in [4.78, 5) is 18.9. The molecule has 0 saturated heterocycles. The predicted molar refractivity (Wildman–Crippen MR) is 73.8 cm³/mol. The lowest BCUT2D eigenvalue weighted by molar-refractivity contribution is 0.102. The van der Waals surface area contributed by atoms with Gasteiger partial charge in [0.15, 0.2) is 0 Å². The van der Waals surface area contributed by atoms with Gasteiger partial charge in [-0.1, -0.05) is 12.1 Å². The molecule has 0 atom stereocenters. The van der Waals surface area contributed by atoms with Crippen molar-refractivity contribution in [3.8, 4) is 0 Å². The Bertz CT molecular complexity index is 664. The molecule has 2 aromatic rings. The van der Waals surface area contributed by atoms with Crippen LogP contribution < -0.4 is 10.2 Å². The molecule has 1 fully saturated rings. The maximum atomic E-state index is 12.3. The summed E-state index contributed by atoms with van der Waals surface area (Å²) in [5, 5.41) is 2.97. The molecule has 1 aromatic heterocycles. The Hall–Kier alpha value is -2.36. The number of rotatable bonds is 1. The minimum absolute atomic E-state index is 0.0845. The van der Waals surface area contributed by atoms with E-state index in [1.807, 2.05) is 30.3 Å². The first-order chi connectivity index (χ1) is 9.34. The van der Waals surface area contributed by atoms with Crippen LogP contribution in [-0.4, -0.2) is 16.9 Å². The minimum atomic E-state index is -0.0845. The maximum Gasteiger partial charge on any atom is 0.259 e. The van der Waals surface area contributed by atoms with Gasteiger partial charge in [-0.25, -0.2) is 4.98 Å². The van der Waals surface area contributed by atoms with Crippen LogP contribution in [0.1, 0.15) is 23.2 Å². The molecule has 19 heavy (non-hydrogen) atoms. The van der Waals surface area contributed by atoms with E-state index in [4.69, 9.17) is 0 Å². The number of pyridine rings is 1. The average molecular weight is 251 g/mol. The summed E-state index contributed by atoms with van der Waals surface area (Å²) >= 11 is 0. The fourth-order valence-electron chi connectivity index (χ4n) is 2.56. The van der Waals surface area contributed by atoms with E-state index in [1.54, 1.807) is 12.3 Å². The number of fused-ring (bicyclic) bond motifs is 2. The van der Waals surface area contributed by atoms with E-state index in [0.29, 0.717) is 11.6 Å². The molecular formula is C15H13N3O. The number of nitrogens with zero attached hydrogens (tertiary/aromatic N) is 2. The number of aromatic nitrogens is 1. The summed E-state index contributed by atoms with van der Waals surface area (Å²) in [7, 11) is 0. The highest BCUT2D eigenvalue weighted by Gasteiger charge is 2.36. The highest BCUT2D eigenvalue weighted by atomic mass is 16.1. The molecule has 0 bridgehead atoms. The van der Waals surface area contributed by atoms with Gasteiger partial charge in [0.25, 0.3) is 5.91 Å². The van der Waals surface area contributed by atoms with Gasteiger partial charge in [-0.2, -0.15) is 0 Å². The lowest BCUT2D eigenvalue weighted by Gasteiger charge is -2.24. The zero-order valence-electron chi connectivity index (χ0n) is 10.3. The van der Waals surface area contributed by atoms with Gasteiger partial charge in [0.05, 0.1) is 16.9 Å². The van der Waals surface area contributed by atoms with Crippen LogP contribution in [-0.2, 0) is 0 Å². The molecule has 2 aliphatic rings. The van der Waals surface area contributed by atoms with E-state index in [0.717, 1.165) is 30.0 Å². The number of hydrogen-bond acceptors (Lipinski definition) is 3. The number of carbonyl (C=O) groups excluding carboxylic acids is 1. The Labute approximate surface area is 111 Å². The zero-order valence-corrected chi connectivity index (χ0v) is 10.3. The summed E-state index contributed by atoms with van der Waals surface area (Å²) in [5.41, 5.74) is 2.54. The largest absolute Gasteiger partial charge is 0.321 e. The third-order valence-corrected chi connectivity index (χ3v) is 3.58. The van der Waals surface area contributed by atoms with E-state index in [9.17, 15) is 4.79 Å². The predicted octanol–water partition coefficient (Wildman–Crippen LogP) is 2.95. The van der Waals surface area contributed by atoms with Gasteiger partial charge >= 0.3 is 0 Å². The summed E-state index contributed by atoms with van der Waals surface area (Å²) < 4.78 is 0. The first-order valence-electron chi connectivity index (χ1n) is 6.49. The molecule has 1 amide bonds. The second-order valence-electron chi connectivity index (χ2n) is 4.95. The highest BCUT2D eigenvalue weighted by molar-refractivity contribution is 6.11. The average Bonchev–Trinajstić information content (AvgIpc) is 3.26. The van der Waals surface area contributed by atoms with Crippen LogP contribution in [0.15, 0.2) is 42.6 Å². The van der Waals surface area contributed by atoms with E-state index in [1.165, 1.54) is 0 Å². The van der Waals surface area contributed by atoms with Crippen molar-refractivity contribution in [1.82, 2.24) is 4.98 Å². The Balaban J connectivity index is 1.98. The molecule has 4 nitrogen and oxygen atoms in total. The van der Waals surface area contributed by atoms with Gasteiger partial charge in [0.2, 0.25) is 0 Å². The smallest absolute Gasteiger partial charge is 0.259 e. The number of amides is 1. The zero-order chi connectivity index (χ0) is 12.8. The summed E-state index contributed by atoms with van der Waals surface area (Å²) in [6, 6.07) is 12.0. The highest BCUT2D eigenvalue weighted by Crippen LogP contribution is 2.43. The number of para-hydroxylation sites is 2. The number of benzene rings is 1. The molecule has 94 valence electrons. The number of nitrogens with one attached hydrogen (secondary N) is 1. The van der Waals surface area contributed by atoms with Crippen molar-refractivity contribution in [2.75, 3.05) is 10.2 Å². The second-order valence-corrected chi connectivity index (χ2v) is 4.95. The quantitative estimate of drug-likeness (QED) is 0.847. The molecule has 1 saturated carbocycles. The van der Waals surface area contributed by atoms with Gasteiger partial charge < -0.3 is 10.2 Å². The Morgan fingerprint density at radius 3 is 2.84 bits per heavy atom. The first-order valence-corrected chi connectivity index (χ1v) is 6.49. The molecule has 1 aliphatic heterocycles. The van der Waals surface area contributed by atoms with Gasteiger partial charge in [0.1, 0.15) is 5.82 Å². The Morgan fingerprint density at radius 1 is 1.16 bits per heavy atom. The van der Waals surface area contributed by atoms with Gasteiger partial charge in [0, 0.05) is 12.2 Å². The SMILES string of the molecule is O=C1Nc2ccccc2N(C2CC2)c2ncccc21. The molecule has 1 N–H and O–H groups in total. The van der Waals surface area contributed by atoms with E-state index < -0.39 is 0 Å². The van der Waals surface area contributed by atoms with Crippen molar-refractivity contribution in [3.63, 3.8) is 0 Å². The van der Waals surface area contributed by atoms with Gasteiger partial charge in [-0.05, 0) is 37.1 Å². The summed E-state index contributed by atoms with van der Waals surface area (Å²) in [6.45, 7) is 0. The van der Waals surface area contributed by atoms with E-state index >= 15 is 0 Å². The van der Waals surface area contributed by atoms with Crippen LogP contribution in [0.5, 0.6) is 0 Å². The maximum absolute atomic E-state index is 12.3. The first kappa shape index (κ1) is 10.6. The lowest BCUT2D eigenvalue weighted by atomic mass is 10.2. The van der Waals surface area contributed by atoms with Crippen LogP contribution in [0, 0.1) is 0 Å². The second kappa shape index (κ2) is 3.82. The monoisotopic (exact) mass is 251 g/mol. The van der Waals surface area contributed by atoms with Crippen molar-refractivity contribution in [2.45, 2.75) is 18.9 Å². The normalized spacial score (nSPS) is 17.3. The molecule has 0 radical (unpaired) electrons. The van der Waals surface area contributed by atoms with Crippen LogP contribution in [0.4, 0.5) is 17.2 Å². The van der Waals surface area contributed by atoms with Crippen molar-refractivity contribution < 1.29 is 4.79 Å². The fraction of sp³-hybridized carbons (Fsp3) is 0.200. The van der Waals surface area contributed by atoms with Crippen LogP contribution in [0.25, 0.3) is 0 Å². The summed E-state index contributed by atoms with van der Waals surface area (Å²) in [5.74, 6) is 0.686. The fourth-order valence-corrected chi connectivity index (χ4v) is 2.56. The molecular weight excluding hydrogens is 238 g/mol. The molecule has 0 unspecified atom stereocenters. The van der Waals surface area contributed by atoms with Crippen molar-refractivity contribution in [3.05, 3.63) is 48.2 Å². The number of carbonyl (C=O) groups is 1. The van der Waals surface area contributed by atoms with E-state index in [2.05, 4.69) is 15.2 Å². The minimum Gasteiger partial charge on any atom is -0.321 e. The lowest BCUT2D eigenvalue weighted by Crippen LogP contribution is -2.21.